The minimum absolute atomic E-state index is 0.0138. The zero-order valence-electron chi connectivity index (χ0n) is 9.04. The number of esters is 1. The molecule has 0 aliphatic carbocycles. The molecule has 4 nitrogen and oxygen atoms in total. The lowest BCUT2D eigenvalue weighted by Gasteiger charge is -2.12. The highest BCUT2D eigenvalue weighted by Gasteiger charge is 2.19. The van der Waals surface area contributed by atoms with Crippen molar-refractivity contribution in [2.24, 2.45) is 0 Å². The standard InChI is InChI=1S/C10H11ClF2N2O2/c1-17-8(16)2-5-7(3-11)15-4-6(9(5)14)10(12)13/h4,10H,2-3H2,1H3,(H2,14,15). The number of carbonyl (C=O) groups is 1. The van der Waals surface area contributed by atoms with Crippen molar-refractivity contribution in [3.63, 3.8) is 0 Å². The summed E-state index contributed by atoms with van der Waals surface area (Å²) in [5, 5.41) is 0. The first-order chi connectivity index (χ1) is 8.01. The van der Waals surface area contributed by atoms with E-state index in [4.69, 9.17) is 17.3 Å². The fourth-order valence-corrected chi connectivity index (χ4v) is 1.56. The summed E-state index contributed by atoms with van der Waals surface area (Å²) in [4.78, 5) is 14.9. The third-order valence-corrected chi connectivity index (χ3v) is 2.51. The summed E-state index contributed by atoms with van der Waals surface area (Å²) in [6.45, 7) is 0. The van der Waals surface area contributed by atoms with Crippen LogP contribution in [0.25, 0.3) is 0 Å². The summed E-state index contributed by atoms with van der Waals surface area (Å²) in [6.07, 6.45) is -2.00. The molecule has 0 saturated heterocycles. The van der Waals surface area contributed by atoms with Crippen LogP contribution in [0.2, 0.25) is 0 Å². The zero-order chi connectivity index (χ0) is 13.0. The Hall–Kier alpha value is -1.43. The van der Waals surface area contributed by atoms with Gasteiger partial charge in [-0.05, 0) is 0 Å². The van der Waals surface area contributed by atoms with Crippen LogP contribution in [-0.2, 0) is 21.8 Å². The van der Waals surface area contributed by atoms with Gasteiger partial charge in [-0.1, -0.05) is 0 Å². The Balaban J connectivity index is 3.22. The monoisotopic (exact) mass is 264 g/mol. The topological polar surface area (TPSA) is 65.2 Å². The van der Waals surface area contributed by atoms with Gasteiger partial charge >= 0.3 is 5.97 Å². The normalized spacial score (nSPS) is 10.6. The number of nitrogens with two attached hydrogens (primary N) is 1. The molecule has 0 fully saturated rings. The number of hydrogen-bond donors (Lipinski definition) is 1. The molecule has 1 aromatic rings. The van der Waals surface area contributed by atoms with Crippen molar-refractivity contribution in [2.45, 2.75) is 18.7 Å². The first-order valence-corrected chi connectivity index (χ1v) is 5.21. The Labute approximate surface area is 102 Å². The predicted molar refractivity (Wildman–Crippen MR) is 58.9 cm³/mol. The van der Waals surface area contributed by atoms with Crippen molar-refractivity contribution in [1.29, 1.82) is 0 Å². The van der Waals surface area contributed by atoms with Crippen LogP contribution in [0.4, 0.5) is 14.5 Å². The van der Waals surface area contributed by atoms with Gasteiger partial charge in [0.15, 0.2) is 0 Å². The van der Waals surface area contributed by atoms with Crippen molar-refractivity contribution >= 4 is 23.3 Å². The minimum atomic E-state index is -2.75. The first kappa shape index (κ1) is 13.6. The molecule has 0 bridgehead atoms. The van der Waals surface area contributed by atoms with Gasteiger partial charge in [0.05, 0.1) is 30.7 Å². The van der Waals surface area contributed by atoms with Gasteiger partial charge in [-0.3, -0.25) is 9.78 Å². The summed E-state index contributed by atoms with van der Waals surface area (Å²) >= 11 is 5.60. The van der Waals surface area contributed by atoms with E-state index in [0.717, 1.165) is 6.20 Å². The van der Waals surface area contributed by atoms with Crippen molar-refractivity contribution in [2.75, 3.05) is 12.8 Å². The maximum Gasteiger partial charge on any atom is 0.310 e. The van der Waals surface area contributed by atoms with E-state index in [-0.39, 0.29) is 23.6 Å². The number of anilines is 1. The summed E-state index contributed by atoms with van der Waals surface area (Å²) in [5.41, 5.74) is 5.52. The average Bonchev–Trinajstić information content (AvgIpc) is 2.30. The number of nitrogen functional groups attached to an aromatic ring is 1. The second-order valence-electron chi connectivity index (χ2n) is 3.24. The summed E-state index contributed by atoms with van der Waals surface area (Å²) in [6, 6.07) is 0. The number of hydrogen-bond acceptors (Lipinski definition) is 4. The van der Waals surface area contributed by atoms with Crippen LogP contribution in [0.1, 0.15) is 23.2 Å². The van der Waals surface area contributed by atoms with E-state index in [1.807, 2.05) is 0 Å². The Morgan fingerprint density at radius 3 is 2.76 bits per heavy atom. The van der Waals surface area contributed by atoms with Gasteiger partial charge in [-0.2, -0.15) is 0 Å². The number of halogens is 3. The highest BCUT2D eigenvalue weighted by Crippen LogP contribution is 2.29. The van der Waals surface area contributed by atoms with Gasteiger partial charge in [0.1, 0.15) is 0 Å². The van der Waals surface area contributed by atoms with Crippen LogP contribution >= 0.6 is 11.6 Å². The number of rotatable bonds is 4. The maximum atomic E-state index is 12.6. The molecule has 2 N–H and O–H groups in total. The molecule has 0 aliphatic heterocycles. The van der Waals surface area contributed by atoms with Crippen molar-refractivity contribution in [3.8, 4) is 0 Å². The summed E-state index contributed by atoms with van der Waals surface area (Å²) in [7, 11) is 1.20. The number of aromatic nitrogens is 1. The van der Waals surface area contributed by atoms with Gasteiger partial charge in [0, 0.05) is 17.4 Å². The molecule has 0 aliphatic rings. The van der Waals surface area contributed by atoms with Gasteiger partial charge in [0.2, 0.25) is 0 Å². The van der Waals surface area contributed by atoms with E-state index < -0.39 is 18.0 Å². The maximum absolute atomic E-state index is 12.6. The van der Waals surface area contributed by atoms with Crippen LogP contribution in [0, 0.1) is 0 Å². The molecule has 1 rings (SSSR count). The highest BCUT2D eigenvalue weighted by molar-refractivity contribution is 6.17. The third kappa shape index (κ3) is 3.03. The molecule has 17 heavy (non-hydrogen) atoms. The minimum Gasteiger partial charge on any atom is -0.469 e. The fraction of sp³-hybridized carbons (Fsp3) is 0.400. The van der Waals surface area contributed by atoms with Crippen molar-refractivity contribution in [1.82, 2.24) is 4.98 Å². The zero-order valence-corrected chi connectivity index (χ0v) is 9.80. The van der Waals surface area contributed by atoms with Crippen LogP contribution < -0.4 is 5.73 Å². The van der Waals surface area contributed by atoms with Gasteiger partial charge in [-0.15, -0.1) is 11.6 Å². The molecule has 1 aromatic heterocycles. The lowest BCUT2D eigenvalue weighted by Crippen LogP contribution is -2.12. The SMILES string of the molecule is COC(=O)Cc1c(CCl)ncc(C(F)F)c1N. The number of methoxy groups -OCH3 is 1. The summed E-state index contributed by atoms with van der Waals surface area (Å²) < 4.78 is 29.6. The van der Waals surface area contributed by atoms with E-state index >= 15 is 0 Å². The second kappa shape index (κ2) is 5.77. The molecule has 0 radical (unpaired) electrons. The molecule has 0 aromatic carbocycles. The smallest absolute Gasteiger partial charge is 0.310 e. The Bertz CT molecular complexity index is 427. The van der Waals surface area contributed by atoms with Crippen LogP contribution in [0.5, 0.6) is 0 Å². The first-order valence-electron chi connectivity index (χ1n) is 4.68. The van der Waals surface area contributed by atoms with Crippen molar-refractivity contribution < 1.29 is 18.3 Å². The number of alkyl halides is 3. The Morgan fingerprint density at radius 2 is 2.29 bits per heavy atom. The fourth-order valence-electron chi connectivity index (χ4n) is 1.33. The molecule has 94 valence electrons. The predicted octanol–water partition coefficient (Wildman–Crippen LogP) is 2.06. The van der Waals surface area contributed by atoms with Crippen LogP contribution in [0.15, 0.2) is 6.20 Å². The van der Waals surface area contributed by atoms with Gasteiger partial charge in [-0.25, -0.2) is 8.78 Å². The molecule has 0 unspecified atom stereocenters. The molecule has 0 saturated carbocycles. The molecule has 0 atom stereocenters. The van der Waals surface area contributed by atoms with Gasteiger partial charge < -0.3 is 10.5 Å². The lowest BCUT2D eigenvalue weighted by molar-refractivity contribution is -0.139. The van der Waals surface area contributed by atoms with E-state index in [9.17, 15) is 13.6 Å². The lowest BCUT2D eigenvalue weighted by atomic mass is 10.1. The molecule has 7 heteroatoms. The average molecular weight is 265 g/mol. The Morgan fingerprint density at radius 1 is 1.65 bits per heavy atom. The third-order valence-electron chi connectivity index (χ3n) is 2.25. The second-order valence-corrected chi connectivity index (χ2v) is 3.51. The number of nitrogens with zero attached hydrogens (tertiary/aromatic N) is 1. The number of pyridine rings is 1. The molecule has 0 spiro atoms. The number of ether oxygens (including phenoxy) is 1. The molecule has 1 heterocycles. The van der Waals surface area contributed by atoms with Crippen LogP contribution in [-0.4, -0.2) is 18.1 Å². The molecule has 0 amide bonds. The largest absolute Gasteiger partial charge is 0.469 e. The Kier molecular flexibility index (Phi) is 4.62. The number of carbonyl (C=O) groups excluding carboxylic acids is 1. The van der Waals surface area contributed by atoms with E-state index in [1.165, 1.54) is 7.11 Å². The van der Waals surface area contributed by atoms with E-state index in [2.05, 4.69) is 9.72 Å². The van der Waals surface area contributed by atoms with E-state index in [1.54, 1.807) is 0 Å². The quantitative estimate of drug-likeness (QED) is 0.668. The van der Waals surface area contributed by atoms with E-state index in [0.29, 0.717) is 5.69 Å². The van der Waals surface area contributed by atoms with Crippen molar-refractivity contribution in [3.05, 3.63) is 23.0 Å². The van der Waals surface area contributed by atoms with Crippen LogP contribution in [0.3, 0.4) is 0 Å². The highest BCUT2D eigenvalue weighted by atomic mass is 35.5. The summed E-state index contributed by atoms with van der Waals surface area (Å²) in [5.74, 6) is -0.601. The molecular formula is C10H11ClF2N2O2. The molecular weight excluding hydrogens is 254 g/mol. The van der Waals surface area contributed by atoms with Gasteiger partial charge in [0.25, 0.3) is 6.43 Å².